The van der Waals surface area contributed by atoms with Crippen molar-refractivity contribution in [2.24, 2.45) is 0 Å². The van der Waals surface area contributed by atoms with Crippen LogP contribution < -0.4 is 0 Å². The summed E-state index contributed by atoms with van der Waals surface area (Å²) in [6, 6.07) is 65.1. The highest BCUT2D eigenvalue weighted by Crippen LogP contribution is 2.45. The second kappa shape index (κ2) is 12.2. The van der Waals surface area contributed by atoms with Crippen LogP contribution in [0, 0.1) is 0 Å². The third kappa shape index (κ3) is 4.75. The number of thiophene rings is 1. The fourth-order valence-corrected chi connectivity index (χ4v) is 9.77. The minimum Gasteiger partial charge on any atom is -0.277 e. The minimum atomic E-state index is 0.580. The minimum absolute atomic E-state index is 0.580. The number of hydrogen-bond donors (Lipinski definition) is 0. The zero-order valence-corrected chi connectivity index (χ0v) is 30.8. The van der Waals surface area contributed by atoms with Crippen LogP contribution in [0.1, 0.15) is 0 Å². The smallest absolute Gasteiger partial charge is 0.238 e. The molecule has 0 aliphatic heterocycles. The van der Waals surface area contributed by atoms with E-state index in [2.05, 4.69) is 187 Å². The Labute approximate surface area is 325 Å². The van der Waals surface area contributed by atoms with Gasteiger partial charge in [0.1, 0.15) is 0 Å². The molecular formula is C51H30N4S. The molecule has 3 aromatic heterocycles. The van der Waals surface area contributed by atoms with E-state index in [0.29, 0.717) is 17.6 Å². The molecule has 4 nitrogen and oxygen atoms in total. The summed E-state index contributed by atoms with van der Waals surface area (Å²) in [4.78, 5) is 16.0. The third-order valence-corrected chi connectivity index (χ3v) is 12.3. The van der Waals surface area contributed by atoms with Crippen LogP contribution >= 0.6 is 11.3 Å². The molecule has 12 aromatic rings. The van der Waals surface area contributed by atoms with Gasteiger partial charge in [0.05, 0.1) is 11.0 Å². The molecule has 12 rings (SSSR count). The Kier molecular flexibility index (Phi) is 6.76. The number of aromatic nitrogens is 4. The zero-order valence-electron chi connectivity index (χ0n) is 30.0. The van der Waals surface area contributed by atoms with E-state index in [4.69, 9.17) is 15.0 Å². The number of para-hydroxylation sites is 1. The highest BCUT2D eigenvalue weighted by molar-refractivity contribution is 7.25. The van der Waals surface area contributed by atoms with Gasteiger partial charge in [-0.25, -0.2) is 4.98 Å². The van der Waals surface area contributed by atoms with Gasteiger partial charge in [-0.3, -0.25) is 4.57 Å². The Morgan fingerprint density at radius 1 is 0.375 bits per heavy atom. The molecule has 0 atom stereocenters. The Bertz CT molecular complexity index is 3460. The summed E-state index contributed by atoms with van der Waals surface area (Å²) >= 11 is 1.84. The second-order valence-electron chi connectivity index (χ2n) is 14.4. The molecule has 0 saturated heterocycles. The lowest BCUT2D eigenvalue weighted by atomic mass is 9.96. The average Bonchev–Trinajstić information content (AvgIpc) is 3.82. The molecule has 0 bridgehead atoms. The fourth-order valence-electron chi connectivity index (χ4n) is 8.64. The lowest BCUT2D eigenvalue weighted by Gasteiger charge is -2.14. The molecule has 0 fully saturated rings. The topological polar surface area (TPSA) is 43.6 Å². The van der Waals surface area contributed by atoms with Crippen LogP contribution in [0.5, 0.6) is 0 Å². The van der Waals surface area contributed by atoms with Crippen molar-refractivity contribution in [3.63, 3.8) is 0 Å². The Morgan fingerprint density at radius 2 is 0.929 bits per heavy atom. The molecule has 260 valence electrons. The molecule has 0 aliphatic carbocycles. The van der Waals surface area contributed by atoms with Crippen LogP contribution in [0.2, 0.25) is 0 Å². The Morgan fingerprint density at radius 3 is 1.66 bits per heavy atom. The quantitative estimate of drug-likeness (QED) is 0.181. The summed E-state index contributed by atoms with van der Waals surface area (Å²) in [6.07, 6.45) is 0. The van der Waals surface area contributed by atoms with Crippen molar-refractivity contribution in [2.45, 2.75) is 0 Å². The number of fused-ring (bicyclic) bond motifs is 10. The largest absolute Gasteiger partial charge is 0.277 e. The molecular weight excluding hydrogens is 701 g/mol. The molecule has 0 unspecified atom stereocenters. The summed E-state index contributed by atoms with van der Waals surface area (Å²) < 4.78 is 4.84. The Balaban J connectivity index is 1.22. The van der Waals surface area contributed by atoms with E-state index >= 15 is 0 Å². The van der Waals surface area contributed by atoms with E-state index in [-0.39, 0.29) is 0 Å². The molecule has 56 heavy (non-hydrogen) atoms. The summed E-state index contributed by atoms with van der Waals surface area (Å²) in [5, 5.41) is 11.9. The van der Waals surface area contributed by atoms with Crippen LogP contribution in [0.25, 0.3) is 114 Å². The van der Waals surface area contributed by atoms with Gasteiger partial charge in [-0.1, -0.05) is 152 Å². The fraction of sp³-hybridized carbons (Fsp3) is 0. The molecule has 3 heterocycles. The molecule has 0 radical (unpaired) electrons. The van der Waals surface area contributed by atoms with Crippen LogP contribution in [-0.4, -0.2) is 19.5 Å². The van der Waals surface area contributed by atoms with Crippen molar-refractivity contribution in [1.29, 1.82) is 0 Å². The maximum Gasteiger partial charge on any atom is 0.238 e. The van der Waals surface area contributed by atoms with E-state index in [0.717, 1.165) is 43.9 Å². The average molecular weight is 731 g/mol. The number of benzene rings is 9. The standard InChI is InChI=1S/C51H30N4S/c1-3-14-34-29-36(25-23-31(34)11-1)49-52-50(37-26-24-32-12-2-4-15-35(32)30-37)54-51(53-49)55-43-28-27-33-13-5-6-16-38(33)46(43)42-20-9-19-40(48(42)55)39-18-10-22-45-47(39)41-17-7-8-21-44(41)56-45/h1-30H. The van der Waals surface area contributed by atoms with Gasteiger partial charge in [-0.2, -0.15) is 9.97 Å². The summed E-state index contributed by atoms with van der Waals surface area (Å²) in [6.45, 7) is 0. The van der Waals surface area contributed by atoms with Crippen molar-refractivity contribution >= 4 is 85.6 Å². The SMILES string of the molecule is c1ccc2cc(-c3nc(-c4ccc5ccccc5c4)nc(-n4c5ccc6ccccc6c5c5cccc(-c6cccc7sc8ccccc8c67)c54)n3)ccc2c1. The van der Waals surface area contributed by atoms with Gasteiger partial charge in [0.25, 0.3) is 0 Å². The van der Waals surface area contributed by atoms with Crippen molar-refractivity contribution in [3.05, 3.63) is 182 Å². The van der Waals surface area contributed by atoms with Crippen LogP contribution in [0.15, 0.2) is 182 Å². The van der Waals surface area contributed by atoms with Crippen molar-refractivity contribution in [3.8, 4) is 39.9 Å². The van der Waals surface area contributed by atoms with Crippen LogP contribution in [0.3, 0.4) is 0 Å². The first kappa shape index (κ1) is 31.2. The van der Waals surface area contributed by atoms with E-state index in [9.17, 15) is 0 Å². The normalized spacial score (nSPS) is 11.9. The first-order valence-corrected chi connectivity index (χ1v) is 19.7. The van der Waals surface area contributed by atoms with E-state index in [1.807, 2.05) is 11.3 Å². The lowest BCUT2D eigenvalue weighted by molar-refractivity contribution is 0.954. The predicted octanol–water partition coefficient (Wildman–Crippen LogP) is 13.8. The first-order valence-electron chi connectivity index (χ1n) is 18.9. The van der Waals surface area contributed by atoms with E-state index in [1.54, 1.807) is 0 Å². The first-order chi connectivity index (χ1) is 27.7. The van der Waals surface area contributed by atoms with Crippen LogP contribution in [0.4, 0.5) is 0 Å². The summed E-state index contributed by atoms with van der Waals surface area (Å²) in [5.74, 6) is 1.84. The van der Waals surface area contributed by atoms with Gasteiger partial charge in [-0.15, -0.1) is 11.3 Å². The highest BCUT2D eigenvalue weighted by Gasteiger charge is 2.23. The maximum absolute atomic E-state index is 5.40. The lowest BCUT2D eigenvalue weighted by Crippen LogP contribution is -2.07. The molecule has 0 aliphatic rings. The molecule has 0 spiro atoms. The molecule has 9 aromatic carbocycles. The molecule has 0 N–H and O–H groups in total. The maximum atomic E-state index is 5.40. The zero-order chi connectivity index (χ0) is 36.7. The van der Waals surface area contributed by atoms with E-state index < -0.39 is 0 Å². The van der Waals surface area contributed by atoms with E-state index in [1.165, 1.54) is 52.7 Å². The third-order valence-electron chi connectivity index (χ3n) is 11.2. The molecule has 0 amide bonds. The number of rotatable bonds is 4. The summed E-state index contributed by atoms with van der Waals surface area (Å²) in [5.41, 5.74) is 6.33. The van der Waals surface area contributed by atoms with Gasteiger partial charge in [0.15, 0.2) is 11.6 Å². The van der Waals surface area contributed by atoms with Crippen molar-refractivity contribution < 1.29 is 0 Å². The monoisotopic (exact) mass is 730 g/mol. The van der Waals surface area contributed by atoms with Gasteiger partial charge in [0, 0.05) is 47.6 Å². The highest BCUT2D eigenvalue weighted by atomic mass is 32.1. The van der Waals surface area contributed by atoms with Gasteiger partial charge in [0.2, 0.25) is 5.95 Å². The predicted molar refractivity (Wildman–Crippen MR) is 236 cm³/mol. The van der Waals surface area contributed by atoms with Crippen molar-refractivity contribution in [1.82, 2.24) is 19.5 Å². The van der Waals surface area contributed by atoms with Gasteiger partial charge < -0.3 is 0 Å². The number of nitrogens with zero attached hydrogens (tertiary/aromatic N) is 4. The van der Waals surface area contributed by atoms with Crippen molar-refractivity contribution in [2.75, 3.05) is 0 Å². The molecule has 0 saturated carbocycles. The van der Waals surface area contributed by atoms with Gasteiger partial charge >= 0.3 is 0 Å². The number of hydrogen-bond acceptors (Lipinski definition) is 4. The van der Waals surface area contributed by atoms with Crippen LogP contribution in [-0.2, 0) is 0 Å². The Hall–Kier alpha value is -7.21. The molecule has 5 heteroatoms. The summed E-state index contributed by atoms with van der Waals surface area (Å²) in [7, 11) is 0. The second-order valence-corrected chi connectivity index (χ2v) is 15.5. The van der Waals surface area contributed by atoms with Gasteiger partial charge in [-0.05, 0) is 68.2 Å².